The lowest BCUT2D eigenvalue weighted by molar-refractivity contribution is 0.171. The second-order valence-corrected chi connectivity index (χ2v) is 6.72. The number of hydrogen-bond donors (Lipinski definition) is 2. The van der Waals surface area contributed by atoms with Gasteiger partial charge < -0.3 is 15.2 Å². The van der Waals surface area contributed by atoms with Crippen LogP contribution in [0.15, 0.2) is 21.5 Å². The number of halogens is 2. The summed E-state index contributed by atoms with van der Waals surface area (Å²) in [6.07, 6.45) is 0. The van der Waals surface area contributed by atoms with E-state index in [1.54, 1.807) is 13.0 Å². The van der Waals surface area contributed by atoms with Crippen LogP contribution in [0.4, 0.5) is 0 Å². The molecule has 0 bridgehead atoms. The molecule has 1 atom stereocenters. The minimum Gasteiger partial charge on any atom is -0.486 e. The standard InChI is InChI=1S/C11H15BrN2O4S.ClH/c1-7(6-13)14-19(15,16)11-5-10-9(4-8(11)12)17-2-3-18-10;/h4-5,7,14H,2-3,6,13H2,1H3;1H/t7-;/m0./s1. The van der Waals surface area contributed by atoms with Gasteiger partial charge in [-0.25, -0.2) is 13.1 Å². The Hall–Kier alpha value is -0.540. The highest BCUT2D eigenvalue weighted by Crippen LogP contribution is 2.37. The van der Waals surface area contributed by atoms with Crippen LogP contribution in [0.1, 0.15) is 6.92 Å². The highest BCUT2D eigenvalue weighted by atomic mass is 79.9. The lowest BCUT2D eigenvalue weighted by Gasteiger charge is -2.20. The highest BCUT2D eigenvalue weighted by Gasteiger charge is 2.24. The van der Waals surface area contributed by atoms with E-state index in [1.165, 1.54) is 6.07 Å². The van der Waals surface area contributed by atoms with Gasteiger partial charge in [-0.15, -0.1) is 12.4 Å². The first-order valence-corrected chi connectivity index (χ1v) is 8.03. The SMILES string of the molecule is C[C@@H](CN)NS(=O)(=O)c1cc2c(cc1Br)OCCO2.Cl. The minimum absolute atomic E-state index is 0. The Bertz CT molecular complexity index is 582. The number of nitrogens with one attached hydrogen (secondary N) is 1. The van der Waals surface area contributed by atoms with Crippen LogP contribution in [0.5, 0.6) is 11.5 Å². The lowest BCUT2D eigenvalue weighted by atomic mass is 10.3. The van der Waals surface area contributed by atoms with Crippen molar-refractivity contribution in [2.45, 2.75) is 17.9 Å². The summed E-state index contributed by atoms with van der Waals surface area (Å²) in [6, 6.07) is 2.70. The number of rotatable bonds is 4. The lowest BCUT2D eigenvalue weighted by Crippen LogP contribution is -2.37. The molecule has 1 aliphatic rings. The molecular formula is C11H16BrClN2O4S. The van der Waals surface area contributed by atoms with Gasteiger partial charge in [0.25, 0.3) is 0 Å². The van der Waals surface area contributed by atoms with Crippen molar-refractivity contribution in [1.82, 2.24) is 4.72 Å². The molecule has 1 heterocycles. The van der Waals surface area contributed by atoms with Crippen molar-refractivity contribution >= 4 is 38.4 Å². The van der Waals surface area contributed by atoms with Crippen molar-refractivity contribution in [3.63, 3.8) is 0 Å². The van der Waals surface area contributed by atoms with Crippen molar-refractivity contribution in [2.24, 2.45) is 5.73 Å². The van der Waals surface area contributed by atoms with Crippen molar-refractivity contribution in [3.05, 3.63) is 16.6 Å². The Balaban J connectivity index is 0.00000200. The van der Waals surface area contributed by atoms with E-state index < -0.39 is 10.0 Å². The van der Waals surface area contributed by atoms with Crippen LogP contribution in [0.2, 0.25) is 0 Å². The highest BCUT2D eigenvalue weighted by molar-refractivity contribution is 9.10. The second-order valence-electron chi connectivity index (χ2n) is 4.18. The van der Waals surface area contributed by atoms with Crippen molar-refractivity contribution in [3.8, 4) is 11.5 Å². The van der Waals surface area contributed by atoms with Gasteiger partial charge in [0.2, 0.25) is 10.0 Å². The van der Waals surface area contributed by atoms with E-state index in [0.29, 0.717) is 29.2 Å². The third kappa shape index (κ3) is 3.76. The van der Waals surface area contributed by atoms with Crippen molar-refractivity contribution < 1.29 is 17.9 Å². The van der Waals surface area contributed by atoms with Crippen LogP contribution < -0.4 is 19.9 Å². The fraction of sp³-hybridized carbons (Fsp3) is 0.455. The van der Waals surface area contributed by atoms with E-state index in [1.807, 2.05) is 0 Å². The molecule has 3 N–H and O–H groups in total. The van der Waals surface area contributed by atoms with Crippen LogP contribution >= 0.6 is 28.3 Å². The molecule has 1 aromatic rings. The Labute approximate surface area is 132 Å². The molecule has 9 heteroatoms. The first kappa shape index (κ1) is 17.5. The topological polar surface area (TPSA) is 90.7 Å². The molecule has 20 heavy (non-hydrogen) atoms. The first-order valence-electron chi connectivity index (χ1n) is 5.75. The number of fused-ring (bicyclic) bond motifs is 1. The third-order valence-electron chi connectivity index (χ3n) is 2.60. The van der Waals surface area contributed by atoms with E-state index in [4.69, 9.17) is 15.2 Å². The molecule has 0 amide bonds. The van der Waals surface area contributed by atoms with Gasteiger partial charge in [0, 0.05) is 23.1 Å². The number of nitrogens with two attached hydrogens (primary N) is 1. The zero-order valence-corrected chi connectivity index (χ0v) is 14.0. The molecule has 1 aromatic carbocycles. The largest absolute Gasteiger partial charge is 0.486 e. The molecular weight excluding hydrogens is 372 g/mol. The molecule has 0 radical (unpaired) electrons. The van der Waals surface area contributed by atoms with Crippen molar-refractivity contribution in [2.75, 3.05) is 19.8 Å². The zero-order chi connectivity index (χ0) is 14.0. The van der Waals surface area contributed by atoms with Gasteiger partial charge in [0.1, 0.15) is 18.1 Å². The number of ether oxygens (including phenoxy) is 2. The maximum absolute atomic E-state index is 12.2. The summed E-state index contributed by atoms with van der Waals surface area (Å²) < 4.78 is 38.1. The van der Waals surface area contributed by atoms with E-state index >= 15 is 0 Å². The fourth-order valence-corrected chi connectivity index (χ4v) is 3.92. The third-order valence-corrected chi connectivity index (χ3v) is 5.14. The Morgan fingerprint density at radius 1 is 1.35 bits per heavy atom. The van der Waals surface area contributed by atoms with Crippen molar-refractivity contribution in [1.29, 1.82) is 0 Å². The summed E-state index contributed by atoms with van der Waals surface area (Å²) in [6.45, 7) is 2.78. The average molecular weight is 388 g/mol. The molecule has 0 unspecified atom stereocenters. The maximum Gasteiger partial charge on any atom is 0.242 e. The molecule has 1 aliphatic heterocycles. The van der Waals surface area contributed by atoms with Gasteiger partial charge in [-0.3, -0.25) is 0 Å². The molecule has 0 spiro atoms. The van der Waals surface area contributed by atoms with E-state index in [9.17, 15) is 8.42 Å². The second kappa shape index (κ2) is 6.95. The van der Waals surface area contributed by atoms with E-state index in [0.717, 1.165) is 0 Å². The Morgan fingerprint density at radius 2 is 1.90 bits per heavy atom. The summed E-state index contributed by atoms with van der Waals surface area (Å²) >= 11 is 3.24. The smallest absolute Gasteiger partial charge is 0.242 e. The van der Waals surface area contributed by atoms with Crippen LogP contribution in [-0.2, 0) is 10.0 Å². The Morgan fingerprint density at radius 3 is 2.45 bits per heavy atom. The normalized spacial score (nSPS) is 15.3. The summed E-state index contributed by atoms with van der Waals surface area (Å²) in [4.78, 5) is 0.108. The summed E-state index contributed by atoms with van der Waals surface area (Å²) in [5, 5.41) is 0. The predicted molar refractivity (Wildman–Crippen MR) is 81.2 cm³/mol. The summed E-state index contributed by atoms with van der Waals surface area (Å²) in [5.41, 5.74) is 5.42. The molecule has 0 saturated heterocycles. The Kier molecular flexibility index (Phi) is 6.08. The van der Waals surface area contributed by atoms with Crippen LogP contribution in [0.25, 0.3) is 0 Å². The van der Waals surface area contributed by atoms with Crippen LogP contribution in [-0.4, -0.2) is 34.2 Å². The average Bonchev–Trinajstić information content (AvgIpc) is 2.37. The van der Waals surface area contributed by atoms with Gasteiger partial charge in [0.05, 0.1) is 0 Å². The minimum atomic E-state index is -3.65. The maximum atomic E-state index is 12.2. The van der Waals surface area contributed by atoms with E-state index in [-0.39, 0.29) is 29.9 Å². The molecule has 0 fully saturated rings. The quantitative estimate of drug-likeness (QED) is 0.812. The summed E-state index contributed by atoms with van der Waals surface area (Å²) in [5.74, 6) is 0.958. The molecule has 0 aromatic heterocycles. The monoisotopic (exact) mass is 386 g/mol. The van der Waals surface area contributed by atoms with Gasteiger partial charge in [-0.1, -0.05) is 0 Å². The number of hydrogen-bond acceptors (Lipinski definition) is 5. The summed E-state index contributed by atoms with van der Waals surface area (Å²) in [7, 11) is -3.65. The zero-order valence-electron chi connectivity index (χ0n) is 10.8. The van der Waals surface area contributed by atoms with E-state index in [2.05, 4.69) is 20.7 Å². The fourth-order valence-electron chi connectivity index (χ4n) is 1.63. The van der Waals surface area contributed by atoms with Gasteiger partial charge in [-0.2, -0.15) is 0 Å². The molecule has 6 nitrogen and oxygen atoms in total. The van der Waals surface area contributed by atoms with Crippen LogP contribution in [0.3, 0.4) is 0 Å². The number of benzene rings is 1. The molecule has 0 saturated carbocycles. The van der Waals surface area contributed by atoms with Crippen LogP contribution in [0, 0.1) is 0 Å². The predicted octanol–water partition coefficient (Wildman–Crippen LogP) is 1.27. The molecule has 114 valence electrons. The molecule has 0 aliphatic carbocycles. The number of sulfonamides is 1. The van der Waals surface area contributed by atoms with Gasteiger partial charge in [0.15, 0.2) is 11.5 Å². The van der Waals surface area contributed by atoms with Gasteiger partial charge >= 0.3 is 0 Å². The van der Waals surface area contributed by atoms with Gasteiger partial charge in [-0.05, 0) is 28.9 Å². The first-order chi connectivity index (χ1) is 8.94. The molecule has 2 rings (SSSR count).